The standard InChI is InChI=1S/C15H16O3/c1-11-9-12(10-16)7-8-13(11)18-15-6-4-3-5-14(15)17-2/h3-9,16H,10H2,1-2H3. The molecule has 18 heavy (non-hydrogen) atoms. The van der Waals surface area contributed by atoms with Crippen molar-refractivity contribution in [2.75, 3.05) is 7.11 Å². The van der Waals surface area contributed by atoms with Gasteiger partial charge in [0, 0.05) is 0 Å². The van der Waals surface area contributed by atoms with Gasteiger partial charge in [-0.3, -0.25) is 0 Å². The van der Waals surface area contributed by atoms with E-state index in [1.807, 2.05) is 49.4 Å². The van der Waals surface area contributed by atoms with Gasteiger partial charge in [-0.2, -0.15) is 0 Å². The lowest BCUT2D eigenvalue weighted by Crippen LogP contribution is -1.93. The summed E-state index contributed by atoms with van der Waals surface area (Å²) in [5.41, 5.74) is 1.85. The maximum absolute atomic E-state index is 9.06. The first-order valence-corrected chi connectivity index (χ1v) is 5.76. The lowest BCUT2D eigenvalue weighted by Gasteiger charge is -2.12. The Balaban J connectivity index is 2.28. The van der Waals surface area contributed by atoms with E-state index in [2.05, 4.69) is 0 Å². The zero-order chi connectivity index (χ0) is 13.0. The number of hydrogen-bond acceptors (Lipinski definition) is 3. The molecule has 0 saturated carbocycles. The van der Waals surface area contributed by atoms with Crippen molar-refractivity contribution in [3.8, 4) is 17.2 Å². The molecule has 0 atom stereocenters. The van der Waals surface area contributed by atoms with Crippen LogP contribution in [0.3, 0.4) is 0 Å². The molecule has 2 aromatic rings. The molecule has 0 aliphatic carbocycles. The van der Waals surface area contributed by atoms with E-state index in [0.717, 1.165) is 16.9 Å². The largest absolute Gasteiger partial charge is 0.493 e. The van der Waals surface area contributed by atoms with E-state index >= 15 is 0 Å². The van der Waals surface area contributed by atoms with Crippen LogP contribution in [0.2, 0.25) is 0 Å². The molecule has 0 saturated heterocycles. The molecule has 0 spiro atoms. The summed E-state index contributed by atoms with van der Waals surface area (Å²) < 4.78 is 11.1. The summed E-state index contributed by atoms with van der Waals surface area (Å²) in [4.78, 5) is 0. The Labute approximate surface area is 107 Å². The zero-order valence-corrected chi connectivity index (χ0v) is 10.5. The molecule has 94 valence electrons. The quantitative estimate of drug-likeness (QED) is 0.897. The molecule has 0 unspecified atom stereocenters. The summed E-state index contributed by atoms with van der Waals surface area (Å²) in [7, 11) is 1.61. The Kier molecular flexibility index (Phi) is 3.85. The van der Waals surface area contributed by atoms with Crippen molar-refractivity contribution in [1.82, 2.24) is 0 Å². The smallest absolute Gasteiger partial charge is 0.169 e. The second-order valence-corrected chi connectivity index (χ2v) is 4.01. The van der Waals surface area contributed by atoms with Crippen molar-refractivity contribution in [1.29, 1.82) is 0 Å². The number of aliphatic hydroxyl groups is 1. The maximum atomic E-state index is 9.06. The fraction of sp³-hybridized carbons (Fsp3) is 0.200. The van der Waals surface area contributed by atoms with Gasteiger partial charge in [-0.05, 0) is 36.2 Å². The fourth-order valence-electron chi connectivity index (χ4n) is 1.75. The minimum Gasteiger partial charge on any atom is -0.493 e. The molecule has 0 aliphatic heterocycles. The molecule has 3 heteroatoms. The van der Waals surface area contributed by atoms with Crippen LogP contribution in [0.25, 0.3) is 0 Å². The Hall–Kier alpha value is -2.00. The molecule has 3 nitrogen and oxygen atoms in total. The van der Waals surface area contributed by atoms with Crippen LogP contribution < -0.4 is 9.47 Å². The highest BCUT2D eigenvalue weighted by Gasteiger charge is 2.06. The van der Waals surface area contributed by atoms with Crippen LogP contribution in [0.1, 0.15) is 11.1 Å². The molecule has 0 heterocycles. The number of ether oxygens (including phenoxy) is 2. The van der Waals surface area contributed by atoms with Gasteiger partial charge in [0.15, 0.2) is 11.5 Å². The highest BCUT2D eigenvalue weighted by atomic mass is 16.5. The molecular formula is C15H16O3. The van der Waals surface area contributed by atoms with Crippen LogP contribution in [0.5, 0.6) is 17.2 Å². The van der Waals surface area contributed by atoms with Gasteiger partial charge in [0.25, 0.3) is 0 Å². The molecule has 0 aliphatic rings. The fourth-order valence-corrected chi connectivity index (χ4v) is 1.75. The molecule has 2 aromatic carbocycles. The first kappa shape index (κ1) is 12.5. The predicted molar refractivity (Wildman–Crippen MR) is 70.2 cm³/mol. The van der Waals surface area contributed by atoms with E-state index in [-0.39, 0.29) is 6.61 Å². The van der Waals surface area contributed by atoms with Gasteiger partial charge < -0.3 is 14.6 Å². The van der Waals surface area contributed by atoms with Crippen LogP contribution in [0, 0.1) is 6.92 Å². The molecule has 0 amide bonds. The monoisotopic (exact) mass is 244 g/mol. The highest BCUT2D eigenvalue weighted by molar-refractivity contribution is 5.45. The summed E-state index contributed by atoms with van der Waals surface area (Å²) in [6.07, 6.45) is 0. The molecule has 0 fully saturated rings. The summed E-state index contributed by atoms with van der Waals surface area (Å²) >= 11 is 0. The summed E-state index contributed by atoms with van der Waals surface area (Å²) in [6.45, 7) is 1.99. The number of benzene rings is 2. The third-order valence-corrected chi connectivity index (χ3v) is 2.71. The van der Waals surface area contributed by atoms with E-state index in [1.54, 1.807) is 7.11 Å². The van der Waals surface area contributed by atoms with Gasteiger partial charge in [-0.1, -0.05) is 24.3 Å². The van der Waals surface area contributed by atoms with Gasteiger partial charge in [0.1, 0.15) is 5.75 Å². The third-order valence-electron chi connectivity index (χ3n) is 2.71. The number of aryl methyl sites for hydroxylation is 1. The Morgan fingerprint density at radius 1 is 1.00 bits per heavy atom. The van der Waals surface area contributed by atoms with Crippen LogP contribution in [0.15, 0.2) is 42.5 Å². The molecule has 2 rings (SSSR count). The van der Waals surface area contributed by atoms with Gasteiger partial charge >= 0.3 is 0 Å². The Morgan fingerprint density at radius 3 is 2.33 bits per heavy atom. The Bertz CT molecular complexity index is 535. The second kappa shape index (κ2) is 5.56. The van der Waals surface area contributed by atoms with Crippen molar-refractivity contribution in [2.24, 2.45) is 0 Å². The van der Waals surface area contributed by atoms with Crippen LogP contribution in [-0.4, -0.2) is 12.2 Å². The molecule has 0 aromatic heterocycles. The lowest BCUT2D eigenvalue weighted by atomic mass is 10.1. The first-order valence-electron chi connectivity index (χ1n) is 5.76. The molecule has 1 N–H and O–H groups in total. The number of rotatable bonds is 4. The minimum absolute atomic E-state index is 0.0375. The Morgan fingerprint density at radius 2 is 1.72 bits per heavy atom. The van der Waals surface area contributed by atoms with E-state index in [4.69, 9.17) is 14.6 Å². The van der Waals surface area contributed by atoms with Crippen LogP contribution in [0.4, 0.5) is 0 Å². The van der Waals surface area contributed by atoms with Crippen molar-refractivity contribution < 1.29 is 14.6 Å². The predicted octanol–water partition coefficient (Wildman–Crippen LogP) is 3.29. The highest BCUT2D eigenvalue weighted by Crippen LogP contribution is 2.32. The van der Waals surface area contributed by atoms with Gasteiger partial charge in [-0.15, -0.1) is 0 Å². The SMILES string of the molecule is COc1ccccc1Oc1ccc(CO)cc1C. The number of para-hydroxylation sites is 2. The second-order valence-electron chi connectivity index (χ2n) is 4.01. The van der Waals surface area contributed by atoms with Gasteiger partial charge in [0.2, 0.25) is 0 Å². The van der Waals surface area contributed by atoms with E-state index in [9.17, 15) is 0 Å². The molecule has 0 radical (unpaired) electrons. The van der Waals surface area contributed by atoms with E-state index < -0.39 is 0 Å². The third kappa shape index (κ3) is 2.63. The summed E-state index contributed by atoms with van der Waals surface area (Å²) in [6, 6.07) is 13.1. The molecular weight excluding hydrogens is 228 g/mol. The zero-order valence-electron chi connectivity index (χ0n) is 10.5. The van der Waals surface area contributed by atoms with E-state index in [0.29, 0.717) is 11.5 Å². The first-order chi connectivity index (χ1) is 8.74. The van der Waals surface area contributed by atoms with Crippen LogP contribution in [-0.2, 0) is 6.61 Å². The van der Waals surface area contributed by atoms with Crippen molar-refractivity contribution in [3.05, 3.63) is 53.6 Å². The minimum atomic E-state index is 0.0375. The van der Waals surface area contributed by atoms with Crippen molar-refractivity contribution in [2.45, 2.75) is 13.5 Å². The molecule has 0 bridgehead atoms. The van der Waals surface area contributed by atoms with E-state index in [1.165, 1.54) is 0 Å². The normalized spacial score (nSPS) is 10.2. The maximum Gasteiger partial charge on any atom is 0.169 e. The van der Waals surface area contributed by atoms with Gasteiger partial charge in [-0.25, -0.2) is 0 Å². The number of aliphatic hydroxyl groups excluding tert-OH is 1. The number of methoxy groups -OCH3 is 1. The van der Waals surface area contributed by atoms with Crippen LogP contribution >= 0.6 is 0 Å². The number of hydrogen-bond donors (Lipinski definition) is 1. The lowest BCUT2D eigenvalue weighted by molar-refractivity contribution is 0.281. The average Bonchev–Trinajstić information content (AvgIpc) is 2.41. The summed E-state index contributed by atoms with van der Waals surface area (Å²) in [5.74, 6) is 2.14. The van der Waals surface area contributed by atoms with Crippen molar-refractivity contribution >= 4 is 0 Å². The average molecular weight is 244 g/mol. The van der Waals surface area contributed by atoms with Crippen molar-refractivity contribution in [3.63, 3.8) is 0 Å². The topological polar surface area (TPSA) is 38.7 Å². The van der Waals surface area contributed by atoms with Gasteiger partial charge in [0.05, 0.1) is 13.7 Å². The summed E-state index contributed by atoms with van der Waals surface area (Å²) in [5, 5.41) is 9.06.